The van der Waals surface area contributed by atoms with Crippen molar-refractivity contribution in [1.82, 2.24) is 4.72 Å². The van der Waals surface area contributed by atoms with Gasteiger partial charge in [0.05, 0.1) is 11.5 Å². The highest BCUT2D eigenvalue weighted by atomic mass is 35.5. The summed E-state index contributed by atoms with van der Waals surface area (Å²) in [6.45, 7) is 7.41. The molecule has 6 heteroatoms. The van der Waals surface area contributed by atoms with Gasteiger partial charge in [-0.2, -0.15) is 0 Å². The Labute approximate surface area is 132 Å². The summed E-state index contributed by atoms with van der Waals surface area (Å²) in [5.41, 5.74) is 1.06. The van der Waals surface area contributed by atoms with Crippen LogP contribution in [0.25, 0.3) is 0 Å². The van der Waals surface area contributed by atoms with Crippen LogP contribution in [0.2, 0.25) is 5.02 Å². The topological polar surface area (TPSA) is 66.4 Å². The molecule has 0 saturated carbocycles. The van der Waals surface area contributed by atoms with Gasteiger partial charge in [0.2, 0.25) is 10.0 Å². The van der Waals surface area contributed by atoms with Crippen LogP contribution in [0.5, 0.6) is 0 Å². The van der Waals surface area contributed by atoms with Gasteiger partial charge in [0, 0.05) is 11.1 Å². The van der Waals surface area contributed by atoms with Crippen molar-refractivity contribution in [1.29, 1.82) is 0 Å². The van der Waals surface area contributed by atoms with E-state index in [1.807, 2.05) is 20.8 Å². The van der Waals surface area contributed by atoms with E-state index in [-0.39, 0.29) is 23.5 Å². The number of halogens is 1. The quantitative estimate of drug-likeness (QED) is 0.805. The number of hydrogen-bond donors (Lipinski definition) is 2. The zero-order chi connectivity index (χ0) is 16.2. The minimum atomic E-state index is -3.66. The number of sulfonamides is 1. The zero-order valence-corrected chi connectivity index (χ0v) is 14.6. The summed E-state index contributed by atoms with van der Waals surface area (Å²) in [7, 11) is -3.66. The molecule has 21 heavy (non-hydrogen) atoms. The van der Waals surface area contributed by atoms with E-state index in [1.54, 1.807) is 13.0 Å². The molecule has 120 valence electrons. The third-order valence-electron chi connectivity index (χ3n) is 3.99. The molecule has 0 spiro atoms. The summed E-state index contributed by atoms with van der Waals surface area (Å²) in [4.78, 5) is 0.136. The van der Waals surface area contributed by atoms with Crippen molar-refractivity contribution < 1.29 is 13.5 Å². The Morgan fingerprint density at radius 3 is 2.33 bits per heavy atom. The van der Waals surface area contributed by atoms with E-state index >= 15 is 0 Å². The molecule has 0 aliphatic heterocycles. The van der Waals surface area contributed by atoms with Gasteiger partial charge in [-0.3, -0.25) is 0 Å². The van der Waals surface area contributed by atoms with Crippen molar-refractivity contribution in [3.8, 4) is 0 Å². The van der Waals surface area contributed by atoms with Crippen molar-refractivity contribution in [2.75, 3.05) is 0 Å². The molecule has 1 atom stereocenters. The van der Waals surface area contributed by atoms with E-state index in [9.17, 15) is 13.5 Å². The van der Waals surface area contributed by atoms with Crippen LogP contribution >= 0.6 is 11.6 Å². The molecule has 0 aliphatic carbocycles. The summed E-state index contributed by atoms with van der Waals surface area (Å²) in [5.74, 6) is 0.288. The van der Waals surface area contributed by atoms with Gasteiger partial charge in [-0.1, -0.05) is 38.3 Å². The van der Waals surface area contributed by atoms with Crippen LogP contribution in [0.4, 0.5) is 0 Å². The second kappa shape index (κ2) is 7.58. The van der Waals surface area contributed by atoms with Gasteiger partial charge in [0.1, 0.15) is 0 Å². The minimum absolute atomic E-state index is 0.136. The maximum absolute atomic E-state index is 12.6. The fourth-order valence-electron chi connectivity index (χ4n) is 2.55. The standard InChI is InChI=1S/C15H24ClNO3S/c1-5-12(6-2)11(4)17-21(19,20)15-8-14(16)7-13(9-18)10(15)3/h7-8,11-12,17-18H,5-6,9H2,1-4H3. The van der Waals surface area contributed by atoms with Crippen LogP contribution in [-0.2, 0) is 16.6 Å². The van der Waals surface area contributed by atoms with E-state index in [0.717, 1.165) is 12.8 Å². The number of hydrogen-bond acceptors (Lipinski definition) is 3. The predicted molar refractivity (Wildman–Crippen MR) is 86.0 cm³/mol. The van der Waals surface area contributed by atoms with Crippen LogP contribution in [0.1, 0.15) is 44.7 Å². The largest absolute Gasteiger partial charge is 0.392 e. The Kier molecular flexibility index (Phi) is 6.66. The number of benzene rings is 1. The van der Waals surface area contributed by atoms with E-state index in [1.165, 1.54) is 6.07 Å². The number of nitrogens with one attached hydrogen (secondary N) is 1. The molecule has 1 aromatic carbocycles. The average molecular weight is 334 g/mol. The highest BCUT2D eigenvalue weighted by Crippen LogP contribution is 2.25. The summed E-state index contributed by atoms with van der Waals surface area (Å²) >= 11 is 5.96. The number of rotatable bonds is 7. The van der Waals surface area contributed by atoms with E-state index in [0.29, 0.717) is 16.1 Å². The molecule has 0 fully saturated rings. The van der Waals surface area contributed by atoms with Gasteiger partial charge in [-0.25, -0.2) is 13.1 Å². The molecule has 0 aliphatic rings. The lowest BCUT2D eigenvalue weighted by Crippen LogP contribution is -2.38. The maximum Gasteiger partial charge on any atom is 0.241 e. The van der Waals surface area contributed by atoms with Crippen molar-refractivity contribution in [2.45, 2.75) is 58.1 Å². The van der Waals surface area contributed by atoms with Crippen molar-refractivity contribution in [3.05, 3.63) is 28.3 Å². The van der Waals surface area contributed by atoms with Crippen LogP contribution in [0, 0.1) is 12.8 Å². The minimum Gasteiger partial charge on any atom is -0.392 e. The Morgan fingerprint density at radius 1 is 1.29 bits per heavy atom. The molecule has 0 aromatic heterocycles. The first-order chi connectivity index (χ1) is 9.76. The number of aliphatic hydroxyl groups is 1. The Balaban J connectivity index is 3.17. The second-order valence-electron chi connectivity index (χ2n) is 5.33. The van der Waals surface area contributed by atoms with Crippen LogP contribution in [0.3, 0.4) is 0 Å². The fourth-order valence-corrected chi connectivity index (χ4v) is 4.48. The molecule has 2 N–H and O–H groups in total. The van der Waals surface area contributed by atoms with Crippen LogP contribution in [0.15, 0.2) is 17.0 Å². The summed E-state index contributed by atoms with van der Waals surface area (Å²) in [5, 5.41) is 9.61. The van der Waals surface area contributed by atoms with Crippen molar-refractivity contribution in [2.24, 2.45) is 5.92 Å². The molecule has 0 saturated heterocycles. The average Bonchev–Trinajstić information content (AvgIpc) is 2.41. The maximum atomic E-state index is 12.6. The first kappa shape index (κ1) is 18.4. The monoisotopic (exact) mass is 333 g/mol. The van der Waals surface area contributed by atoms with Crippen LogP contribution < -0.4 is 4.72 Å². The predicted octanol–water partition coefficient (Wildman–Crippen LogP) is 3.24. The van der Waals surface area contributed by atoms with Crippen molar-refractivity contribution >= 4 is 21.6 Å². The summed E-state index contributed by atoms with van der Waals surface area (Å²) in [6.07, 6.45) is 1.83. The Morgan fingerprint density at radius 2 is 1.86 bits per heavy atom. The van der Waals surface area contributed by atoms with E-state index < -0.39 is 10.0 Å². The first-order valence-corrected chi connectivity index (χ1v) is 9.05. The Bertz CT molecular complexity index is 583. The first-order valence-electron chi connectivity index (χ1n) is 7.19. The van der Waals surface area contributed by atoms with Crippen LogP contribution in [-0.4, -0.2) is 19.6 Å². The van der Waals surface area contributed by atoms with E-state index in [2.05, 4.69) is 4.72 Å². The van der Waals surface area contributed by atoms with Crippen molar-refractivity contribution in [3.63, 3.8) is 0 Å². The molecule has 1 rings (SSSR count). The lowest BCUT2D eigenvalue weighted by atomic mass is 9.96. The molecule has 0 heterocycles. The smallest absolute Gasteiger partial charge is 0.241 e. The summed E-state index contributed by atoms with van der Waals surface area (Å²) in [6, 6.07) is 2.86. The number of aliphatic hydroxyl groups excluding tert-OH is 1. The van der Waals surface area contributed by atoms with Gasteiger partial charge in [0.25, 0.3) is 0 Å². The molecule has 0 amide bonds. The third-order valence-corrected chi connectivity index (χ3v) is 5.89. The zero-order valence-electron chi connectivity index (χ0n) is 13.0. The SMILES string of the molecule is CCC(CC)C(C)NS(=O)(=O)c1cc(Cl)cc(CO)c1C. The highest BCUT2D eigenvalue weighted by molar-refractivity contribution is 7.89. The lowest BCUT2D eigenvalue weighted by molar-refractivity contribution is 0.280. The molecule has 1 unspecified atom stereocenters. The molecule has 0 bridgehead atoms. The fraction of sp³-hybridized carbons (Fsp3) is 0.600. The van der Waals surface area contributed by atoms with Gasteiger partial charge < -0.3 is 5.11 Å². The third kappa shape index (κ3) is 4.42. The summed E-state index contributed by atoms with van der Waals surface area (Å²) < 4.78 is 27.9. The Hall–Kier alpha value is -0.620. The van der Waals surface area contributed by atoms with E-state index in [4.69, 9.17) is 11.6 Å². The van der Waals surface area contributed by atoms with Gasteiger partial charge in [0.15, 0.2) is 0 Å². The normalized spacial score (nSPS) is 13.7. The molecule has 4 nitrogen and oxygen atoms in total. The molecule has 0 radical (unpaired) electrons. The van der Waals surface area contributed by atoms with Gasteiger partial charge in [-0.15, -0.1) is 0 Å². The molecule has 1 aromatic rings. The van der Waals surface area contributed by atoms with Gasteiger partial charge >= 0.3 is 0 Å². The molecular formula is C15H24ClNO3S. The molecular weight excluding hydrogens is 310 g/mol. The highest BCUT2D eigenvalue weighted by Gasteiger charge is 2.24. The lowest BCUT2D eigenvalue weighted by Gasteiger charge is -2.23. The van der Waals surface area contributed by atoms with Gasteiger partial charge in [-0.05, 0) is 43.0 Å². The second-order valence-corrected chi connectivity index (χ2v) is 7.45.